The van der Waals surface area contributed by atoms with Gasteiger partial charge in [-0.15, -0.1) is 0 Å². The molecule has 0 saturated carbocycles. The van der Waals surface area contributed by atoms with Crippen molar-refractivity contribution in [3.63, 3.8) is 0 Å². The highest BCUT2D eigenvalue weighted by Gasteiger charge is 2.31. The highest BCUT2D eigenvalue weighted by molar-refractivity contribution is 5.95. The van der Waals surface area contributed by atoms with Crippen LogP contribution in [-0.4, -0.2) is 46.8 Å². The fourth-order valence-corrected chi connectivity index (χ4v) is 3.66. The van der Waals surface area contributed by atoms with Crippen molar-refractivity contribution in [2.24, 2.45) is 0 Å². The Morgan fingerprint density at radius 3 is 2.47 bits per heavy atom. The van der Waals surface area contributed by atoms with E-state index in [1.807, 2.05) is 42.5 Å². The second-order valence-electron chi connectivity index (χ2n) is 6.95. The quantitative estimate of drug-likeness (QED) is 0.609. The van der Waals surface area contributed by atoms with Crippen molar-refractivity contribution in [2.45, 2.75) is 19.9 Å². The Kier molecular flexibility index (Phi) is 5.52. The lowest BCUT2D eigenvalue weighted by Gasteiger charge is -2.28. The van der Waals surface area contributed by atoms with Crippen LogP contribution >= 0.6 is 0 Å². The molecular formula is C23H23N3O4. The standard InChI is InChI=1S/C23H23N3O4/c1-3-30-23(28)21-19-15-25(22(27)16-7-5-4-6-8-16)14-13-20(19)26(24-21)17-9-11-18(29-2)12-10-17/h4-12H,3,13-15H2,1-2H3. The number of rotatable bonds is 5. The van der Waals surface area contributed by atoms with Crippen LogP contribution in [0.4, 0.5) is 0 Å². The van der Waals surface area contributed by atoms with Gasteiger partial charge in [0.2, 0.25) is 0 Å². The average molecular weight is 405 g/mol. The van der Waals surface area contributed by atoms with Crippen LogP contribution in [0.15, 0.2) is 54.6 Å². The van der Waals surface area contributed by atoms with Gasteiger partial charge in [-0.25, -0.2) is 9.48 Å². The van der Waals surface area contributed by atoms with Crippen LogP contribution in [0.2, 0.25) is 0 Å². The van der Waals surface area contributed by atoms with Gasteiger partial charge in [-0.05, 0) is 43.3 Å². The smallest absolute Gasteiger partial charge is 0.359 e. The lowest BCUT2D eigenvalue weighted by molar-refractivity contribution is 0.0513. The highest BCUT2D eigenvalue weighted by atomic mass is 16.5. The Morgan fingerprint density at radius 2 is 1.80 bits per heavy atom. The topological polar surface area (TPSA) is 73.7 Å². The molecule has 0 unspecified atom stereocenters. The lowest BCUT2D eigenvalue weighted by atomic mass is 10.0. The molecule has 1 amide bonds. The summed E-state index contributed by atoms with van der Waals surface area (Å²) in [7, 11) is 1.61. The van der Waals surface area contributed by atoms with Crippen LogP contribution < -0.4 is 4.74 Å². The molecule has 0 spiro atoms. The van der Waals surface area contributed by atoms with Crippen molar-refractivity contribution < 1.29 is 19.1 Å². The molecule has 2 aromatic carbocycles. The van der Waals surface area contributed by atoms with Crippen molar-refractivity contribution in [2.75, 3.05) is 20.3 Å². The number of hydrogen-bond acceptors (Lipinski definition) is 5. The molecule has 7 nitrogen and oxygen atoms in total. The number of amides is 1. The molecule has 0 aliphatic carbocycles. The molecule has 0 atom stereocenters. The normalized spacial score (nSPS) is 12.9. The number of carbonyl (C=O) groups is 2. The van der Waals surface area contributed by atoms with E-state index in [1.165, 1.54) is 0 Å². The van der Waals surface area contributed by atoms with E-state index in [-0.39, 0.29) is 18.2 Å². The van der Waals surface area contributed by atoms with Crippen molar-refractivity contribution in [3.05, 3.63) is 77.1 Å². The Hall–Kier alpha value is -3.61. The Morgan fingerprint density at radius 1 is 1.07 bits per heavy atom. The van der Waals surface area contributed by atoms with E-state index >= 15 is 0 Å². The molecule has 0 radical (unpaired) electrons. The average Bonchev–Trinajstić information content (AvgIpc) is 3.18. The molecule has 0 bridgehead atoms. The zero-order valence-electron chi connectivity index (χ0n) is 17.0. The van der Waals surface area contributed by atoms with E-state index in [2.05, 4.69) is 5.10 Å². The van der Waals surface area contributed by atoms with E-state index in [0.29, 0.717) is 25.1 Å². The SMILES string of the molecule is CCOC(=O)c1nn(-c2ccc(OC)cc2)c2c1CN(C(=O)c1ccccc1)CC2. The number of ether oxygens (including phenoxy) is 2. The number of fused-ring (bicyclic) bond motifs is 1. The van der Waals surface area contributed by atoms with Gasteiger partial charge in [0.05, 0.1) is 31.6 Å². The summed E-state index contributed by atoms with van der Waals surface area (Å²) in [5.41, 5.74) is 3.36. The monoisotopic (exact) mass is 405 g/mol. The summed E-state index contributed by atoms with van der Waals surface area (Å²) in [4.78, 5) is 27.3. The third-order valence-electron chi connectivity index (χ3n) is 5.15. The molecule has 154 valence electrons. The highest BCUT2D eigenvalue weighted by Crippen LogP contribution is 2.27. The van der Waals surface area contributed by atoms with Crippen molar-refractivity contribution in [1.82, 2.24) is 14.7 Å². The number of esters is 1. The Labute approximate surface area is 174 Å². The van der Waals surface area contributed by atoms with Gasteiger partial charge in [-0.2, -0.15) is 5.10 Å². The first kappa shape index (κ1) is 19.7. The number of benzene rings is 2. The molecule has 30 heavy (non-hydrogen) atoms. The molecule has 2 heterocycles. The summed E-state index contributed by atoms with van der Waals surface area (Å²) in [6, 6.07) is 16.6. The maximum atomic E-state index is 12.9. The molecule has 4 rings (SSSR count). The van der Waals surface area contributed by atoms with Crippen LogP contribution in [0.5, 0.6) is 5.75 Å². The molecule has 0 N–H and O–H groups in total. The van der Waals surface area contributed by atoms with Crippen LogP contribution in [0.25, 0.3) is 5.69 Å². The molecule has 3 aromatic rings. The third-order valence-corrected chi connectivity index (χ3v) is 5.15. The summed E-state index contributed by atoms with van der Waals surface area (Å²) < 4.78 is 12.2. The second kappa shape index (κ2) is 8.41. The van der Waals surface area contributed by atoms with Crippen molar-refractivity contribution in [3.8, 4) is 11.4 Å². The van der Waals surface area contributed by atoms with Gasteiger partial charge in [-0.1, -0.05) is 18.2 Å². The largest absolute Gasteiger partial charge is 0.497 e. The third kappa shape index (κ3) is 3.66. The van der Waals surface area contributed by atoms with E-state index in [1.54, 1.807) is 35.7 Å². The molecule has 0 fully saturated rings. The summed E-state index contributed by atoms with van der Waals surface area (Å²) in [6.07, 6.45) is 0.590. The van der Waals surface area contributed by atoms with Gasteiger partial charge in [0.15, 0.2) is 5.69 Å². The number of carbonyl (C=O) groups excluding carboxylic acids is 2. The zero-order valence-corrected chi connectivity index (χ0v) is 17.0. The first-order valence-electron chi connectivity index (χ1n) is 9.89. The maximum absolute atomic E-state index is 12.9. The minimum atomic E-state index is -0.477. The van der Waals surface area contributed by atoms with E-state index in [9.17, 15) is 9.59 Å². The van der Waals surface area contributed by atoms with Crippen molar-refractivity contribution >= 4 is 11.9 Å². The number of nitrogens with zero attached hydrogens (tertiary/aromatic N) is 3. The Bertz CT molecular complexity index is 1060. The fourth-order valence-electron chi connectivity index (χ4n) is 3.66. The van der Waals surface area contributed by atoms with Gasteiger partial charge in [0.25, 0.3) is 5.91 Å². The molecule has 1 aromatic heterocycles. The molecule has 1 aliphatic heterocycles. The van der Waals surface area contributed by atoms with E-state index < -0.39 is 5.97 Å². The molecule has 1 aliphatic rings. The van der Waals surface area contributed by atoms with Gasteiger partial charge in [0, 0.05) is 24.1 Å². The van der Waals surface area contributed by atoms with Crippen LogP contribution in [0.3, 0.4) is 0 Å². The number of hydrogen-bond donors (Lipinski definition) is 0. The maximum Gasteiger partial charge on any atom is 0.359 e. The molecular weight excluding hydrogens is 382 g/mol. The number of aromatic nitrogens is 2. The summed E-state index contributed by atoms with van der Waals surface area (Å²) in [6.45, 7) is 2.88. The fraction of sp³-hybridized carbons (Fsp3) is 0.261. The minimum Gasteiger partial charge on any atom is -0.497 e. The predicted molar refractivity (Wildman–Crippen MR) is 111 cm³/mol. The van der Waals surface area contributed by atoms with E-state index in [0.717, 1.165) is 22.7 Å². The van der Waals surface area contributed by atoms with Crippen LogP contribution in [0.1, 0.15) is 39.0 Å². The Balaban J connectivity index is 1.71. The molecule has 0 saturated heterocycles. The predicted octanol–water partition coefficient (Wildman–Crippen LogP) is 3.26. The zero-order chi connectivity index (χ0) is 21.1. The van der Waals surface area contributed by atoms with E-state index in [4.69, 9.17) is 9.47 Å². The van der Waals surface area contributed by atoms with Crippen molar-refractivity contribution in [1.29, 1.82) is 0 Å². The van der Waals surface area contributed by atoms with Gasteiger partial charge in [0.1, 0.15) is 5.75 Å². The first-order valence-corrected chi connectivity index (χ1v) is 9.89. The van der Waals surface area contributed by atoms with Crippen LogP contribution in [0, 0.1) is 0 Å². The molecule has 7 heteroatoms. The van der Waals surface area contributed by atoms with Crippen LogP contribution in [-0.2, 0) is 17.7 Å². The van der Waals surface area contributed by atoms with Gasteiger partial charge >= 0.3 is 5.97 Å². The lowest BCUT2D eigenvalue weighted by Crippen LogP contribution is -2.36. The summed E-state index contributed by atoms with van der Waals surface area (Å²) in [5.74, 6) is 0.202. The minimum absolute atomic E-state index is 0.0618. The van der Waals surface area contributed by atoms with Gasteiger partial charge < -0.3 is 14.4 Å². The van der Waals surface area contributed by atoms with Gasteiger partial charge in [-0.3, -0.25) is 4.79 Å². The summed E-state index contributed by atoms with van der Waals surface area (Å²) in [5, 5.41) is 4.57. The number of methoxy groups -OCH3 is 1. The first-order chi connectivity index (χ1) is 14.6. The summed E-state index contributed by atoms with van der Waals surface area (Å²) >= 11 is 0. The second-order valence-corrected chi connectivity index (χ2v) is 6.95.